The van der Waals surface area contributed by atoms with E-state index in [4.69, 9.17) is 0 Å². The van der Waals surface area contributed by atoms with Gasteiger partial charge in [-0.25, -0.2) is 0 Å². The van der Waals surface area contributed by atoms with Crippen LogP contribution in [0.25, 0.3) is 0 Å². The van der Waals surface area contributed by atoms with Crippen molar-refractivity contribution in [3.05, 3.63) is 34.3 Å². The van der Waals surface area contributed by atoms with Gasteiger partial charge in [-0.3, -0.25) is 4.79 Å². The number of piperidine rings is 1. The number of carbonyl (C=O) groups excluding carboxylic acids is 1. The zero-order valence-electron chi connectivity index (χ0n) is 12.1. The van der Waals surface area contributed by atoms with Crippen LogP contribution in [0.4, 0.5) is 0 Å². The van der Waals surface area contributed by atoms with Crippen LogP contribution in [0, 0.1) is 5.92 Å². The van der Waals surface area contributed by atoms with Gasteiger partial charge in [-0.15, -0.1) is 11.8 Å². The number of benzene rings is 1. The zero-order chi connectivity index (χ0) is 14.5. The van der Waals surface area contributed by atoms with Crippen LogP contribution in [0.5, 0.6) is 0 Å². The summed E-state index contributed by atoms with van der Waals surface area (Å²) in [7, 11) is 0. The summed E-state index contributed by atoms with van der Waals surface area (Å²) in [5.74, 6) is 1.97. The molecule has 1 amide bonds. The highest BCUT2D eigenvalue weighted by molar-refractivity contribution is 9.10. The largest absolute Gasteiger partial charge is 0.342 e. The van der Waals surface area contributed by atoms with Crippen LogP contribution in [0.1, 0.15) is 32.3 Å². The van der Waals surface area contributed by atoms with Crippen molar-refractivity contribution in [3.8, 4) is 0 Å². The molecule has 110 valence electrons. The highest BCUT2D eigenvalue weighted by Crippen LogP contribution is 2.23. The zero-order valence-corrected chi connectivity index (χ0v) is 14.5. The smallest absolute Gasteiger partial charge is 0.235 e. The number of nitrogens with zero attached hydrogens (tertiary/aromatic N) is 1. The first kappa shape index (κ1) is 15.9. The van der Waals surface area contributed by atoms with E-state index >= 15 is 0 Å². The first-order valence-electron chi connectivity index (χ1n) is 7.21. The molecular weight excluding hydrogens is 334 g/mol. The molecule has 1 saturated heterocycles. The van der Waals surface area contributed by atoms with Crippen molar-refractivity contribution in [1.29, 1.82) is 0 Å². The van der Waals surface area contributed by atoms with E-state index in [-0.39, 0.29) is 5.25 Å². The Morgan fingerprint density at radius 2 is 1.95 bits per heavy atom. The maximum Gasteiger partial charge on any atom is 0.235 e. The predicted octanol–water partition coefficient (Wildman–Crippen LogP) is 4.33. The van der Waals surface area contributed by atoms with Crippen molar-refractivity contribution >= 4 is 33.6 Å². The molecule has 1 aromatic rings. The van der Waals surface area contributed by atoms with Gasteiger partial charge in [0, 0.05) is 23.3 Å². The number of amides is 1. The Balaban J connectivity index is 1.80. The van der Waals surface area contributed by atoms with Gasteiger partial charge in [0.25, 0.3) is 0 Å². The second-order valence-corrected chi connectivity index (χ2v) is 7.83. The van der Waals surface area contributed by atoms with Gasteiger partial charge in [0.2, 0.25) is 5.91 Å². The SMILES string of the molecule is CC1CCN(C(=O)C(C)SCc2ccc(Br)cc2)CC1. The summed E-state index contributed by atoms with van der Waals surface area (Å²) in [6.45, 7) is 6.17. The molecule has 1 aliphatic rings. The van der Waals surface area contributed by atoms with Crippen molar-refractivity contribution in [2.45, 2.75) is 37.7 Å². The standard InChI is InChI=1S/C16H22BrNOS/c1-12-7-9-18(10-8-12)16(19)13(2)20-11-14-3-5-15(17)6-4-14/h3-6,12-13H,7-11H2,1-2H3. The van der Waals surface area contributed by atoms with Crippen molar-refractivity contribution in [1.82, 2.24) is 4.90 Å². The van der Waals surface area contributed by atoms with Crippen molar-refractivity contribution in [2.24, 2.45) is 5.92 Å². The van der Waals surface area contributed by atoms with Crippen LogP contribution < -0.4 is 0 Å². The molecule has 1 unspecified atom stereocenters. The molecule has 1 fully saturated rings. The van der Waals surface area contributed by atoms with Gasteiger partial charge in [-0.1, -0.05) is 35.0 Å². The minimum Gasteiger partial charge on any atom is -0.342 e. The quantitative estimate of drug-likeness (QED) is 0.800. The summed E-state index contributed by atoms with van der Waals surface area (Å²) < 4.78 is 1.10. The average molecular weight is 356 g/mol. The van der Waals surface area contributed by atoms with Gasteiger partial charge < -0.3 is 4.90 Å². The Labute approximate surface area is 134 Å². The Morgan fingerprint density at radius 1 is 1.35 bits per heavy atom. The maximum atomic E-state index is 12.4. The van der Waals surface area contributed by atoms with Crippen LogP contribution in [0.15, 0.2) is 28.7 Å². The van der Waals surface area contributed by atoms with E-state index in [1.807, 2.05) is 11.8 Å². The lowest BCUT2D eigenvalue weighted by molar-refractivity contribution is -0.131. The molecule has 0 spiro atoms. The molecule has 1 aromatic carbocycles. The first-order chi connectivity index (χ1) is 9.56. The maximum absolute atomic E-state index is 12.4. The lowest BCUT2D eigenvalue weighted by Crippen LogP contribution is -2.41. The molecule has 4 heteroatoms. The van der Waals surface area contributed by atoms with E-state index < -0.39 is 0 Å². The van der Waals surface area contributed by atoms with Crippen molar-refractivity contribution in [2.75, 3.05) is 13.1 Å². The summed E-state index contributed by atoms with van der Waals surface area (Å²) >= 11 is 5.17. The molecule has 20 heavy (non-hydrogen) atoms. The van der Waals surface area contributed by atoms with Gasteiger partial charge in [-0.05, 0) is 43.4 Å². The van der Waals surface area contributed by atoms with E-state index in [1.54, 1.807) is 11.8 Å². The molecule has 0 aromatic heterocycles. The number of carbonyl (C=O) groups is 1. The van der Waals surface area contributed by atoms with Crippen LogP contribution in [0.2, 0.25) is 0 Å². The molecule has 1 atom stereocenters. The van der Waals surface area contributed by atoms with Crippen molar-refractivity contribution < 1.29 is 4.79 Å². The number of hydrogen-bond donors (Lipinski definition) is 0. The summed E-state index contributed by atoms with van der Waals surface area (Å²) in [4.78, 5) is 14.4. The van der Waals surface area contributed by atoms with Crippen LogP contribution in [-0.2, 0) is 10.5 Å². The summed E-state index contributed by atoms with van der Waals surface area (Å²) in [5.41, 5.74) is 1.27. The summed E-state index contributed by atoms with van der Waals surface area (Å²) in [6, 6.07) is 8.32. The van der Waals surface area contributed by atoms with Gasteiger partial charge in [-0.2, -0.15) is 0 Å². The minimum absolute atomic E-state index is 0.0482. The number of thioether (sulfide) groups is 1. The number of likely N-dealkylation sites (tertiary alicyclic amines) is 1. The minimum atomic E-state index is 0.0482. The second kappa shape index (κ2) is 7.51. The third-order valence-electron chi connectivity index (χ3n) is 3.86. The fourth-order valence-electron chi connectivity index (χ4n) is 2.36. The third kappa shape index (κ3) is 4.52. The van der Waals surface area contributed by atoms with Gasteiger partial charge in [0.15, 0.2) is 0 Å². The predicted molar refractivity (Wildman–Crippen MR) is 89.9 cm³/mol. The van der Waals surface area contributed by atoms with E-state index in [2.05, 4.69) is 47.1 Å². The van der Waals surface area contributed by atoms with Gasteiger partial charge in [0.1, 0.15) is 0 Å². The number of rotatable bonds is 4. The molecule has 0 saturated carbocycles. The molecule has 2 rings (SSSR count). The number of hydrogen-bond acceptors (Lipinski definition) is 2. The van der Waals surface area contributed by atoms with E-state index in [1.165, 1.54) is 5.56 Å². The summed E-state index contributed by atoms with van der Waals surface area (Å²) in [5, 5.41) is 0.0482. The Bertz CT molecular complexity index is 440. The van der Waals surface area contributed by atoms with Crippen LogP contribution in [0.3, 0.4) is 0 Å². The van der Waals surface area contributed by atoms with Crippen molar-refractivity contribution in [3.63, 3.8) is 0 Å². The topological polar surface area (TPSA) is 20.3 Å². The van der Waals surface area contributed by atoms with Gasteiger partial charge in [0.05, 0.1) is 5.25 Å². The highest BCUT2D eigenvalue weighted by Gasteiger charge is 2.24. The lowest BCUT2D eigenvalue weighted by Gasteiger charge is -2.32. The Hall–Kier alpha value is -0.480. The second-order valence-electron chi connectivity index (χ2n) is 5.59. The van der Waals surface area contributed by atoms with E-state index in [0.717, 1.165) is 42.1 Å². The lowest BCUT2D eigenvalue weighted by atomic mass is 9.99. The monoisotopic (exact) mass is 355 g/mol. The van der Waals surface area contributed by atoms with E-state index in [0.29, 0.717) is 5.91 Å². The highest BCUT2D eigenvalue weighted by atomic mass is 79.9. The average Bonchev–Trinajstić information content (AvgIpc) is 2.46. The van der Waals surface area contributed by atoms with E-state index in [9.17, 15) is 4.79 Å². The fourth-order valence-corrected chi connectivity index (χ4v) is 3.55. The molecule has 0 radical (unpaired) electrons. The molecule has 1 heterocycles. The Kier molecular flexibility index (Phi) is 5.97. The first-order valence-corrected chi connectivity index (χ1v) is 9.05. The normalized spacial score (nSPS) is 18.1. The molecule has 0 aliphatic carbocycles. The molecule has 1 aliphatic heterocycles. The third-order valence-corrected chi connectivity index (χ3v) is 5.59. The Morgan fingerprint density at radius 3 is 2.55 bits per heavy atom. The van der Waals surface area contributed by atoms with Crippen LogP contribution >= 0.6 is 27.7 Å². The summed E-state index contributed by atoms with van der Waals surface area (Å²) in [6.07, 6.45) is 2.30. The number of halogens is 1. The molecule has 2 nitrogen and oxygen atoms in total. The molecule has 0 N–H and O–H groups in total. The fraction of sp³-hybridized carbons (Fsp3) is 0.562. The van der Waals surface area contributed by atoms with Gasteiger partial charge >= 0.3 is 0 Å². The van der Waals surface area contributed by atoms with Crippen LogP contribution in [-0.4, -0.2) is 29.1 Å². The molecular formula is C16H22BrNOS. The molecule has 0 bridgehead atoms.